The van der Waals surface area contributed by atoms with E-state index in [4.69, 9.17) is 27.9 Å². The second-order valence-corrected chi connectivity index (χ2v) is 11.5. The third-order valence-electron chi connectivity index (χ3n) is 8.20. The highest BCUT2D eigenvalue weighted by Crippen LogP contribution is 2.50. The Balaban J connectivity index is 1.32. The van der Waals surface area contributed by atoms with Gasteiger partial charge < -0.3 is 9.64 Å². The number of benzene rings is 4. The molecule has 4 atom stereocenters. The lowest BCUT2D eigenvalue weighted by Crippen LogP contribution is -2.49. The molecule has 4 aromatic rings. The van der Waals surface area contributed by atoms with Crippen molar-refractivity contribution in [2.45, 2.75) is 18.2 Å². The molecule has 3 heterocycles. The number of rotatable bonds is 5. The van der Waals surface area contributed by atoms with Gasteiger partial charge in [-0.2, -0.15) is 0 Å². The third kappa shape index (κ3) is 4.30. The monoisotopic (exact) mass is 594 g/mol. The molecule has 208 valence electrons. The number of fused-ring (bicyclic) bond motifs is 5. The second kappa shape index (κ2) is 10.5. The Morgan fingerprint density at radius 1 is 0.738 bits per heavy atom. The molecule has 0 spiro atoms. The van der Waals surface area contributed by atoms with Crippen LogP contribution in [0.25, 0.3) is 6.08 Å². The minimum atomic E-state index is -1.04. The van der Waals surface area contributed by atoms with Gasteiger partial charge in [-0.1, -0.05) is 114 Å². The zero-order valence-corrected chi connectivity index (χ0v) is 23.7. The van der Waals surface area contributed by atoms with Crippen molar-refractivity contribution in [1.29, 1.82) is 0 Å². The summed E-state index contributed by atoms with van der Waals surface area (Å²) in [5, 5.41) is 0.598. The Morgan fingerprint density at radius 3 is 1.95 bits per heavy atom. The molecular weight excluding hydrogens is 571 g/mol. The normalized spacial score (nSPS) is 22.3. The summed E-state index contributed by atoms with van der Waals surface area (Å²) in [6.45, 7) is 0. The number of nitrogens with zero attached hydrogens (tertiary/aromatic N) is 2. The van der Waals surface area contributed by atoms with E-state index in [1.54, 1.807) is 0 Å². The summed E-state index contributed by atoms with van der Waals surface area (Å²) in [5.41, 5.74) is 3.54. The molecule has 2 amide bonds. The summed E-state index contributed by atoms with van der Waals surface area (Å²) in [5.74, 6) is -3.25. The smallest absolute Gasteiger partial charge is 0.330 e. The maximum atomic E-state index is 14.4. The molecule has 0 radical (unpaired) electrons. The molecule has 0 aromatic heterocycles. The van der Waals surface area contributed by atoms with Crippen LogP contribution >= 0.6 is 23.2 Å². The van der Waals surface area contributed by atoms with E-state index in [-0.39, 0.29) is 5.69 Å². The van der Waals surface area contributed by atoms with Crippen LogP contribution in [0, 0.1) is 11.8 Å². The molecule has 8 heteroatoms. The summed E-state index contributed by atoms with van der Waals surface area (Å²) in [6.07, 6.45) is 3.14. The summed E-state index contributed by atoms with van der Waals surface area (Å²) in [7, 11) is 0. The van der Waals surface area contributed by atoms with Gasteiger partial charge in [-0.3, -0.25) is 9.59 Å². The first-order chi connectivity index (χ1) is 20.4. The average molecular weight is 595 g/mol. The van der Waals surface area contributed by atoms with Crippen LogP contribution in [0.2, 0.25) is 10.0 Å². The van der Waals surface area contributed by atoms with Crippen molar-refractivity contribution in [2.75, 3.05) is 9.80 Å². The number of amides is 2. The standard InChI is InChI=1S/C34H24Cl2N2O4/c35-23-17-24(36)19-25(18-23)37-32(39)28-27-16-15-20-9-7-8-14-26(20)38(27)30(29(28)33(37)40)34(41)42-31(21-10-3-1-4-11-21)22-12-5-2-6-13-22/h1-19,27-31H/t27-,28-,29+,30+/m1/s1. The SMILES string of the molecule is O=C(OC(c1ccccc1)c1ccccc1)[C@@H]1[C@H]2C(=O)N(c3cc(Cl)cc(Cl)c3)C(=O)[C@@H]2[C@H]2C=Cc3ccccc3N21. The quantitative estimate of drug-likeness (QED) is 0.190. The lowest BCUT2D eigenvalue weighted by atomic mass is 9.88. The molecule has 0 N–H and O–H groups in total. The van der Waals surface area contributed by atoms with E-state index in [2.05, 4.69) is 0 Å². The van der Waals surface area contributed by atoms with Crippen LogP contribution in [0.5, 0.6) is 0 Å². The first-order valence-electron chi connectivity index (χ1n) is 13.6. The first kappa shape index (κ1) is 26.5. The van der Waals surface area contributed by atoms with Crippen LogP contribution in [0.4, 0.5) is 11.4 Å². The number of ether oxygens (including phenoxy) is 1. The topological polar surface area (TPSA) is 66.9 Å². The molecule has 4 aromatic carbocycles. The molecule has 0 unspecified atom stereocenters. The van der Waals surface area contributed by atoms with Crippen molar-refractivity contribution < 1.29 is 19.1 Å². The van der Waals surface area contributed by atoms with Gasteiger partial charge in [-0.15, -0.1) is 0 Å². The van der Waals surface area contributed by atoms with Crippen LogP contribution in [0.3, 0.4) is 0 Å². The Morgan fingerprint density at radius 2 is 1.31 bits per heavy atom. The van der Waals surface area contributed by atoms with Crippen molar-refractivity contribution in [2.24, 2.45) is 11.8 Å². The van der Waals surface area contributed by atoms with E-state index in [0.717, 1.165) is 27.3 Å². The number of anilines is 2. The predicted octanol–water partition coefficient (Wildman–Crippen LogP) is 6.72. The summed E-state index contributed by atoms with van der Waals surface area (Å²) in [4.78, 5) is 45.6. The van der Waals surface area contributed by atoms with Crippen molar-refractivity contribution in [3.63, 3.8) is 0 Å². The van der Waals surface area contributed by atoms with Gasteiger partial charge in [-0.05, 0) is 41.0 Å². The number of halogens is 2. The first-order valence-corrected chi connectivity index (χ1v) is 14.4. The number of hydrogen-bond acceptors (Lipinski definition) is 5. The number of para-hydroxylation sites is 1. The zero-order chi connectivity index (χ0) is 29.0. The van der Waals surface area contributed by atoms with Crippen LogP contribution in [-0.4, -0.2) is 29.9 Å². The molecular formula is C34H24Cl2N2O4. The Hall–Kier alpha value is -4.39. The third-order valence-corrected chi connectivity index (χ3v) is 8.64. The minimum Gasteiger partial charge on any atom is -0.451 e. The Bertz CT molecular complexity index is 1680. The molecule has 3 aliphatic heterocycles. The fraction of sp³-hybridized carbons (Fsp3) is 0.147. The maximum absolute atomic E-state index is 14.4. The summed E-state index contributed by atoms with van der Waals surface area (Å²) >= 11 is 12.5. The fourth-order valence-electron chi connectivity index (χ4n) is 6.48. The molecule has 2 fully saturated rings. The van der Waals surface area contributed by atoms with Crippen molar-refractivity contribution >= 4 is 58.4 Å². The van der Waals surface area contributed by atoms with Gasteiger partial charge in [0, 0.05) is 15.7 Å². The van der Waals surface area contributed by atoms with E-state index < -0.39 is 47.8 Å². The molecule has 42 heavy (non-hydrogen) atoms. The van der Waals surface area contributed by atoms with Gasteiger partial charge in [0.15, 0.2) is 6.10 Å². The lowest BCUT2D eigenvalue weighted by molar-refractivity contribution is -0.151. The number of carbonyl (C=O) groups excluding carboxylic acids is 3. The van der Waals surface area contributed by atoms with E-state index in [0.29, 0.717) is 10.0 Å². The van der Waals surface area contributed by atoms with Crippen LogP contribution < -0.4 is 9.80 Å². The van der Waals surface area contributed by atoms with Crippen molar-refractivity contribution in [1.82, 2.24) is 0 Å². The molecule has 2 saturated heterocycles. The highest BCUT2D eigenvalue weighted by Gasteiger charge is 2.65. The molecule has 6 nitrogen and oxygen atoms in total. The highest BCUT2D eigenvalue weighted by molar-refractivity contribution is 6.36. The summed E-state index contributed by atoms with van der Waals surface area (Å²) in [6, 6.07) is 29.6. The average Bonchev–Trinajstić information content (AvgIpc) is 3.48. The Kier molecular flexibility index (Phi) is 6.60. The molecule has 0 aliphatic carbocycles. The predicted molar refractivity (Wildman–Crippen MR) is 162 cm³/mol. The number of carbonyl (C=O) groups is 3. The second-order valence-electron chi connectivity index (χ2n) is 10.6. The lowest BCUT2D eigenvalue weighted by Gasteiger charge is -2.36. The van der Waals surface area contributed by atoms with Gasteiger partial charge in [-0.25, -0.2) is 9.69 Å². The van der Waals surface area contributed by atoms with Gasteiger partial charge in [0.05, 0.1) is 23.6 Å². The largest absolute Gasteiger partial charge is 0.451 e. The molecule has 0 bridgehead atoms. The molecule has 0 saturated carbocycles. The van der Waals surface area contributed by atoms with Gasteiger partial charge in [0.2, 0.25) is 11.8 Å². The van der Waals surface area contributed by atoms with Gasteiger partial charge in [0.25, 0.3) is 0 Å². The van der Waals surface area contributed by atoms with Gasteiger partial charge >= 0.3 is 5.97 Å². The van der Waals surface area contributed by atoms with Crippen molar-refractivity contribution in [3.8, 4) is 0 Å². The number of imide groups is 1. The van der Waals surface area contributed by atoms with Crippen LogP contribution in [-0.2, 0) is 19.1 Å². The highest BCUT2D eigenvalue weighted by atomic mass is 35.5. The fourth-order valence-corrected chi connectivity index (χ4v) is 6.99. The number of esters is 1. The van der Waals surface area contributed by atoms with E-state index in [9.17, 15) is 14.4 Å². The Labute approximate surface area is 252 Å². The number of hydrogen-bond donors (Lipinski definition) is 0. The summed E-state index contributed by atoms with van der Waals surface area (Å²) < 4.78 is 6.31. The minimum absolute atomic E-state index is 0.280. The van der Waals surface area contributed by atoms with Gasteiger partial charge in [0.1, 0.15) is 6.04 Å². The zero-order valence-electron chi connectivity index (χ0n) is 22.1. The van der Waals surface area contributed by atoms with E-state index in [1.165, 1.54) is 18.2 Å². The molecule has 7 rings (SSSR count). The van der Waals surface area contributed by atoms with Crippen LogP contribution in [0.1, 0.15) is 22.8 Å². The van der Waals surface area contributed by atoms with Crippen LogP contribution in [0.15, 0.2) is 109 Å². The van der Waals surface area contributed by atoms with E-state index >= 15 is 0 Å². The van der Waals surface area contributed by atoms with E-state index in [1.807, 2.05) is 102 Å². The van der Waals surface area contributed by atoms with Crippen molar-refractivity contribution in [3.05, 3.63) is 136 Å². The maximum Gasteiger partial charge on any atom is 0.330 e. The molecule has 3 aliphatic rings.